The van der Waals surface area contributed by atoms with E-state index >= 15 is 0 Å². The molecule has 0 spiro atoms. The maximum Gasteiger partial charge on any atom is 0.0906 e. The minimum absolute atomic E-state index is 0.125. The van der Waals surface area contributed by atoms with Gasteiger partial charge in [-0.1, -0.05) is 25.5 Å². The zero-order chi connectivity index (χ0) is 15.7. The number of likely N-dealkylation sites (N-methyl/N-ethyl adjacent to an activating group) is 1. The molecule has 0 bridgehead atoms. The molecule has 118 valence electrons. The van der Waals surface area contributed by atoms with Crippen LogP contribution in [-0.4, -0.2) is 41.0 Å². The Bertz CT molecular complexity index is 445. The first-order chi connectivity index (χ1) is 10.1. The zero-order valence-electron chi connectivity index (χ0n) is 14.2. The van der Waals surface area contributed by atoms with Crippen molar-refractivity contribution in [3.05, 3.63) is 30.1 Å². The molecule has 0 aliphatic carbocycles. The zero-order valence-corrected chi connectivity index (χ0v) is 14.2. The van der Waals surface area contributed by atoms with Crippen LogP contribution in [-0.2, 0) is 6.54 Å². The van der Waals surface area contributed by atoms with Gasteiger partial charge in [0.1, 0.15) is 0 Å². The van der Waals surface area contributed by atoms with Crippen LogP contribution in [0.4, 0.5) is 0 Å². The number of hydrogen-bond acceptors (Lipinski definition) is 3. The van der Waals surface area contributed by atoms with Crippen molar-refractivity contribution in [1.82, 2.24) is 14.7 Å². The normalized spacial score (nSPS) is 15.3. The number of allylic oxidation sites excluding steroid dienone is 2. The minimum atomic E-state index is 0.125. The number of aromatic nitrogens is 2. The van der Waals surface area contributed by atoms with Crippen LogP contribution in [0.3, 0.4) is 0 Å². The molecule has 2 atom stereocenters. The Kier molecular flexibility index (Phi) is 7.98. The van der Waals surface area contributed by atoms with E-state index in [0.29, 0.717) is 6.04 Å². The lowest BCUT2D eigenvalue weighted by molar-refractivity contribution is 0.241. The molecule has 0 saturated heterocycles. The lowest BCUT2D eigenvalue weighted by Gasteiger charge is -2.23. The van der Waals surface area contributed by atoms with Gasteiger partial charge in [-0.05, 0) is 40.4 Å². The first-order valence-electron chi connectivity index (χ1n) is 7.91. The smallest absolute Gasteiger partial charge is 0.0906 e. The van der Waals surface area contributed by atoms with Gasteiger partial charge in [0.25, 0.3) is 0 Å². The van der Waals surface area contributed by atoms with E-state index in [2.05, 4.69) is 61.3 Å². The fourth-order valence-electron chi connectivity index (χ4n) is 2.26. The van der Waals surface area contributed by atoms with Gasteiger partial charge in [-0.25, -0.2) is 0 Å². The van der Waals surface area contributed by atoms with Crippen LogP contribution in [0.25, 0.3) is 0 Å². The van der Waals surface area contributed by atoms with Crippen LogP contribution in [0.5, 0.6) is 0 Å². The molecule has 21 heavy (non-hydrogen) atoms. The Hall–Kier alpha value is -1.42. The summed E-state index contributed by atoms with van der Waals surface area (Å²) in [7, 11) is 4.28. The van der Waals surface area contributed by atoms with Gasteiger partial charge >= 0.3 is 0 Å². The molecule has 0 aromatic carbocycles. The van der Waals surface area contributed by atoms with Gasteiger partial charge in [-0.2, -0.15) is 5.10 Å². The fourth-order valence-corrected chi connectivity index (χ4v) is 2.26. The molecule has 0 fully saturated rings. The molecule has 1 rings (SSSR count). The summed E-state index contributed by atoms with van der Waals surface area (Å²) in [4.78, 5) is 6.81. The molecule has 1 aromatic rings. The van der Waals surface area contributed by atoms with E-state index < -0.39 is 0 Å². The summed E-state index contributed by atoms with van der Waals surface area (Å²) >= 11 is 0. The molecule has 1 unspecified atom stereocenters. The average molecular weight is 290 g/mol. The van der Waals surface area contributed by atoms with Gasteiger partial charge in [-0.15, -0.1) is 0 Å². The number of nitrogens with zero attached hydrogens (tertiary/aromatic N) is 4. The molecular formula is C17H30N4. The van der Waals surface area contributed by atoms with Crippen molar-refractivity contribution in [2.45, 2.75) is 58.7 Å². The van der Waals surface area contributed by atoms with E-state index in [1.165, 1.54) is 12.8 Å². The van der Waals surface area contributed by atoms with Gasteiger partial charge in [-0.3, -0.25) is 9.67 Å². The number of aliphatic imine (C=N–C) groups is 1. The van der Waals surface area contributed by atoms with E-state index in [0.717, 1.165) is 18.7 Å². The summed E-state index contributed by atoms with van der Waals surface area (Å²) in [6, 6.07) is 2.74. The molecule has 0 aliphatic heterocycles. The second kappa shape index (κ2) is 9.50. The lowest BCUT2D eigenvalue weighted by Crippen LogP contribution is -2.32. The standard InChI is InChI=1S/C17H30N4/c1-6-8-9-12-18-15(3)17-11-13-21(19-17)14-16(10-7-2)20(4)5/h6,8,11-13,15-16H,7,9-10,14H2,1-5H3/b8-6-,18-12?/t15?,16-/m0/s1. The van der Waals surface area contributed by atoms with Gasteiger partial charge in [0, 0.05) is 24.9 Å². The molecule has 0 radical (unpaired) electrons. The van der Waals surface area contributed by atoms with Crippen molar-refractivity contribution in [2.75, 3.05) is 14.1 Å². The summed E-state index contributed by atoms with van der Waals surface area (Å²) in [5.74, 6) is 0. The third kappa shape index (κ3) is 6.25. The average Bonchev–Trinajstić information content (AvgIpc) is 2.91. The van der Waals surface area contributed by atoms with E-state index in [1.807, 2.05) is 23.9 Å². The first-order valence-corrected chi connectivity index (χ1v) is 7.91. The van der Waals surface area contributed by atoms with Crippen molar-refractivity contribution >= 4 is 6.21 Å². The summed E-state index contributed by atoms with van der Waals surface area (Å²) in [5, 5.41) is 4.67. The Morgan fingerprint density at radius 1 is 1.43 bits per heavy atom. The van der Waals surface area contributed by atoms with Crippen molar-refractivity contribution in [1.29, 1.82) is 0 Å². The molecule has 4 heteroatoms. The molecule has 4 nitrogen and oxygen atoms in total. The Morgan fingerprint density at radius 3 is 2.81 bits per heavy atom. The highest BCUT2D eigenvalue weighted by molar-refractivity contribution is 5.59. The first kappa shape index (κ1) is 17.6. The second-order valence-corrected chi connectivity index (χ2v) is 5.68. The van der Waals surface area contributed by atoms with Crippen molar-refractivity contribution < 1.29 is 0 Å². The van der Waals surface area contributed by atoms with Gasteiger partial charge < -0.3 is 4.90 Å². The predicted octanol–water partition coefficient (Wildman–Crippen LogP) is 3.71. The Labute approximate surface area is 129 Å². The molecular weight excluding hydrogens is 260 g/mol. The Balaban J connectivity index is 2.61. The van der Waals surface area contributed by atoms with E-state index in [9.17, 15) is 0 Å². The third-order valence-electron chi connectivity index (χ3n) is 3.65. The van der Waals surface area contributed by atoms with Crippen molar-refractivity contribution in [3.63, 3.8) is 0 Å². The second-order valence-electron chi connectivity index (χ2n) is 5.68. The third-order valence-corrected chi connectivity index (χ3v) is 3.65. The van der Waals surface area contributed by atoms with Crippen LogP contribution >= 0.6 is 0 Å². The van der Waals surface area contributed by atoms with Crippen LogP contribution in [0.15, 0.2) is 29.4 Å². The van der Waals surface area contributed by atoms with Gasteiger partial charge in [0.2, 0.25) is 0 Å². The monoisotopic (exact) mass is 290 g/mol. The van der Waals surface area contributed by atoms with Crippen molar-refractivity contribution in [2.24, 2.45) is 4.99 Å². The summed E-state index contributed by atoms with van der Waals surface area (Å²) < 4.78 is 2.05. The topological polar surface area (TPSA) is 33.4 Å². The number of rotatable bonds is 9. The maximum absolute atomic E-state index is 4.67. The summed E-state index contributed by atoms with van der Waals surface area (Å²) in [6.07, 6.45) is 11.5. The highest BCUT2D eigenvalue weighted by atomic mass is 15.3. The maximum atomic E-state index is 4.67. The quantitative estimate of drug-likeness (QED) is 0.513. The Morgan fingerprint density at radius 2 is 2.19 bits per heavy atom. The predicted molar refractivity (Wildman–Crippen MR) is 90.9 cm³/mol. The minimum Gasteiger partial charge on any atom is -0.305 e. The molecule has 1 aromatic heterocycles. The summed E-state index contributed by atoms with van der Waals surface area (Å²) in [5.41, 5.74) is 1.04. The lowest BCUT2D eigenvalue weighted by atomic mass is 10.1. The van der Waals surface area contributed by atoms with E-state index in [1.54, 1.807) is 0 Å². The van der Waals surface area contributed by atoms with Crippen LogP contribution in [0.1, 0.15) is 51.8 Å². The number of hydrogen-bond donors (Lipinski definition) is 0. The molecule has 1 heterocycles. The fraction of sp³-hybridized carbons (Fsp3) is 0.647. The van der Waals surface area contributed by atoms with E-state index in [-0.39, 0.29) is 6.04 Å². The van der Waals surface area contributed by atoms with Crippen LogP contribution in [0.2, 0.25) is 0 Å². The van der Waals surface area contributed by atoms with Crippen LogP contribution in [0, 0.1) is 0 Å². The van der Waals surface area contributed by atoms with Crippen LogP contribution < -0.4 is 0 Å². The largest absolute Gasteiger partial charge is 0.305 e. The molecule has 0 N–H and O–H groups in total. The molecule has 0 amide bonds. The SMILES string of the molecule is C/C=C\CC=NC(C)c1ccn(C[C@H](CCC)N(C)C)n1. The van der Waals surface area contributed by atoms with Gasteiger partial charge in [0.05, 0.1) is 18.3 Å². The summed E-state index contributed by atoms with van der Waals surface area (Å²) in [6.45, 7) is 7.28. The highest BCUT2D eigenvalue weighted by Crippen LogP contribution is 2.14. The highest BCUT2D eigenvalue weighted by Gasteiger charge is 2.13. The molecule has 0 saturated carbocycles. The van der Waals surface area contributed by atoms with E-state index in [4.69, 9.17) is 0 Å². The van der Waals surface area contributed by atoms with Gasteiger partial charge in [0.15, 0.2) is 0 Å². The molecule has 0 aliphatic rings. The van der Waals surface area contributed by atoms with Crippen molar-refractivity contribution in [3.8, 4) is 0 Å².